The van der Waals surface area contributed by atoms with Gasteiger partial charge in [-0.25, -0.2) is 0 Å². The van der Waals surface area contributed by atoms with E-state index >= 15 is 0 Å². The molecule has 0 aliphatic carbocycles. The van der Waals surface area contributed by atoms with E-state index in [-0.39, 0.29) is 36.6 Å². The molecule has 23 heavy (non-hydrogen) atoms. The van der Waals surface area contributed by atoms with E-state index in [0.717, 1.165) is 26.1 Å². The van der Waals surface area contributed by atoms with Crippen molar-refractivity contribution in [3.8, 4) is 5.75 Å². The van der Waals surface area contributed by atoms with E-state index in [9.17, 15) is 4.79 Å². The third-order valence-corrected chi connectivity index (χ3v) is 3.72. The number of benzene rings is 1. The first-order valence-electron chi connectivity index (χ1n) is 7.15. The minimum Gasteiger partial charge on any atom is -0.491 e. The second-order valence-corrected chi connectivity index (χ2v) is 5.88. The number of nitrogens with one attached hydrogen (secondary N) is 2. The van der Waals surface area contributed by atoms with Gasteiger partial charge >= 0.3 is 0 Å². The number of rotatable bonds is 6. The molecule has 1 atom stereocenters. The third kappa shape index (κ3) is 7.14. The van der Waals surface area contributed by atoms with Gasteiger partial charge in [-0.1, -0.05) is 11.6 Å². The molecular weight excluding hydrogens is 361 g/mol. The first-order chi connectivity index (χ1) is 10.1. The molecule has 8 heteroatoms. The number of nitrogens with zero attached hydrogens (tertiary/aromatic N) is 1. The van der Waals surface area contributed by atoms with E-state index < -0.39 is 0 Å². The Hall–Kier alpha value is -0.720. The first-order valence-corrected chi connectivity index (χ1v) is 7.52. The summed E-state index contributed by atoms with van der Waals surface area (Å²) in [5, 5.41) is 6.59. The Bertz CT molecular complexity index is 495. The summed E-state index contributed by atoms with van der Waals surface area (Å²) in [6, 6.07) is 5.34. The molecule has 1 fully saturated rings. The third-order valence-electron chi connectivity index (χ3n) is 3.43. The zero-order valence-electron chi connectivity index (χ0n) is 13.3. The van der Waals surface area contributed by atoms with E-state index in [1.165, 1.54) is 0 Å². The molecule has 1 aliphatic heterocycles. The Morgan fingerprint density at radius 3 is 2.74 bits per heavy atom. The van der Waals surface area contributed by atoms with Crippen molar-refractivity contribution >= 4 is 48.0 Å². The Balaban J connectivity index is 0.00000242. The predicted molar refractivity (Wildman–Crippen MR) is 99.6 cm³/mol. The maximum atomic E-state index is 12.0. The Morgan fingerprint density at radius 1 is 1.43 bits per heavy atom. The predicted octanol–water partition coefficient (Wildman–Crippen LogP) is 2.67. The van der Waals surface area contributed by atoms with Crippen molar-refractivity contribution < 1.29 is 9.53 Å². The lowest BCUT2D eigenvalue weighted by Gasteiger charge is -2.14. The molecule has 132 valence electrons. The number of amides is 1. The Kier molecular flexibility index (Phi) is 10.6. The highest BCUT2D eigenvalue weighted by molar-refractivity contribution is 6.32. The molecular formula is C15H24Cl3N3O2. The summed E-state index contributed by atoms with van der Waals surface area (Å²) in [5.41, 5.74) is 0.705. The average molecular weight is 385 g/mol. The van der Waals surface area contributed by atoms with Crippen molar-refractivity contribution in [3.05, 3.63) is 23.2 Å². The summed E-state index contributed by atoms with van der Waals surface area (Å²) in [7, 11) is 3.98. The van der Waals surface area contributed by atoms with Gasteiger partial charge in [-0.15, -0.1) is 24.8 Å². The number of carbonyl (C=O) groups is 1. The molecule has 1 unspecified atom stereocenters. The van der Waals surface area contributed by atoms with Crippen molar-refractivity contribution in [1.29, 1.82) is 0 Å². The molecule has 0 saturated carbocycles. The van der Waals surface area contributed by atoms with Gasteiger partial charge < -0.3 is 20.3 Å². The molecule has 1 aliphatic rings. The summed E-state index contributed by atoms with van der Waals surface area (Å²) < 4.78 is 5.61. The lowest BCUT2D eigenvalue weighted by molar-refractivity contribution is -0.119. The van der Waals surface area contributed by atoms with E-state index in [2.05, 4.69) is 10.6 Å². The number of hydrogen-bond acceptors (Lipinski definition) is 4. The summed E-state index contributed by atoms with van der Waals surface area (Å²) in [5.74, 6) is 0.719. The van der Waals surface area contributed by atoms with Gasteiger partial charge in [0.15, 0.2) is 0 Å². The highest BCUT2D eigenvalue weighted by Crippen LogP contribution is 2.28. The number of ether oxygens (including phenoxy) is 1. The largest absolute Gasteiger partial charge is 0.491 e. The van der Waals surface area contributed by atoms with E-state index in [4.69, 9.17) is 16.3 Å². The smallest absolute Gasteiger partial charge is 0.228 e. The lowest BCUT2D eigenvalue weighted by atomic mass is 10.1. The molecule has 2 N–H and O–H groups in total. The van der Waals surface area contributed by atoms with Gasteiger partial charge in [0.1, 0.15) is 12.4 Å². The van der Waals surface area contributed by atoms with Crippen LogP contribution in [0.1, 0.15) is 6.42 Å². The van der Waals surface area contributed by atoms with Gasteiger partial charge in [0.05, 0.1) is 10.9 Å². The zero-order valence-corrected chi connectivity index (χ0v) is 15.7. The van der Waals surface area contributed by atoms with Crippen LogP contribution in [0.2, 0.25) is 5.02 Å². The summed E-state index contributed by atoms with van der Waals surface area (Å²) in [6.07, 6.45) is 0.880. The highest BCUT2D eigenvalue weighted by Gasteiger charge is 2.22. The topological polar surface area (TPSA) is 53.6 Å². The van der Waals surface area contributed by atoms with Gasteiger partial charge in [0.2, 0.25) is 5.91 Å². The number of likely N-dealkylation sites (N-methyl/N-ethyl adjacent to an activating group) is 1. The molecule has 0 radical (unpaired) electrons. The van der Waals surface area contributed by atoms with Crippen molar-refractivity contribution in [2.45, 2.75) is 6.42 Å². The number of anilines is 1. The fourth-order valence-electron chi connectivity index (χ4n) is 2.16. The number of halogens is 3. The standard InChI is InChI=1S/C15H22ClN3O2.2ClH/c1-19(2)7-8-21-14-4-3-12(9-13(14)16)18-15(20)11-5-6-17-10-11;;/h3-4,9,11,17H,5-8,10H2,1-2H3,(H,18,20);2*1H. The van der Waals surface area contributed by atoms with Gasteiger partial charge in [-0.3, -0.25) is 4.79 Å². The molecule has 2 rings (SSSR count). The first kappa shape index (κ1) is 22.3. The summed E-state index contributed by atoms with van der Waals surface area (Å²) >= 11 is 6.19. The quantitative estimate of drug-likeness (QED) is 0.792. The van der Waals surface area contributed by atoms with Crippen molar-refractivity contribution in [2.24, 2.45) is 5.92 Å². The number of hydrogen-bond donors (Lipinski definition) is 2. The molecule has 0 bridgehead atoms. The summed E-state index contributed by atoms with van der Waals surface area (Å²) in [4.78, 5) is 14.1. The van der Waals surface area contributed by atoms with Crippen molar-refractivity contribution in [1.82, 2.24) is 10.2 Å². The monoisotopic (exact) mass is 383 g/mol. The van der Waals surface area contributed by atoms with Gasteiger partial charge in [-0.05, 0) is 45.3 Å². The van der Waals surface area contributed by atoms with E-state index in [1.54, 1.807) is 12.1 Å². The average Bonchev–Trinajstić information content (AvgIpc) is 2.95. The van der Waals surface area contributed by atoms with Crippen molar-refractivity contribution in [2.75, 3.05) is 45.7 Å². The van der Waals surface area contributed by atoms with E-state index in [0.29, 0.717) is 23.1 Å². The molecule has 1 saturated heterocycles. The van der Waals surface area contributed by atoms with E-state index in [1.807, 2.05) is 25.1 Å². The molecule has 5 nitrogen and oxygen atoms in total. The highest BCUT2D eigenvalue weighted by atomic mass is 35.5. The molecule has 0 spiro atoms. The van der Waals surface area contributed by atoms with Crippen LogP contribution in [0.25, 0.3) is 0 Å². The van der Waals surface area contributed by atoms with Crippen LogP contribution in [0.4, 0.5) is 5.69 Å². The molecule has 1 aromatic carbocycles. The SMILES string of the molecule is CN(C)CCOc1ccc(NC(=O)C2CCNC2)cc1Cl.Cl.Cl. The maximum absolute atomic E-state index is 12.0. The van der Waals surface area contributed by atoms with Crippen LogP contribution < -0.4 is 15.4 Å². The molecule has 1 amide bonds. The van der Waals surface area contributed by atoms with Crippen LogP contribution in [-0.4, -0.2) is 51.1 Å². The molecule has 1 aromatic rings. The van der Waals surface area contributed by atoms with Gasteiger partial charge in [0, 0.05) is 18.8 Å². The fourth-order valence-corrected chi connectivity index (χ4v) is 2.39. The van der Waals surface area contributed by atoms with Crippen LogP contribution in [0.3, 0.4) is 0 Å². The number of carbonyl (C=O) groups excluding carboxylic acids is 1. The second kappa shape index (κ2) is 10.9. The van der Waals surface area contributed by atoms with Crippen LogP contribution in [0.15, 0.2) is 18.2 Å². The van der Waals surface area contributed by atoms with Gasteiger partial charge in [-0.2, -0.15) is 0 Å². The normalized spacial score (nSPS) is 16.4. The zero-order chi connectivity index (χ0) is 15.2. The minimum atomic E-state index is 0. The summed E-state index contributed by atoms with van der Waals surface area (Å²) in [6.45, 7) is 3.04. The molecule has 1 heterocycles. The van der Waals surface area contributed by atoms with Gasteiger partial charge in [0.25, 0.3) is 0 Å². The lowest BCUT2D eigenvalue weighted by Crippen LogP contribution is -2.24. The maximum Gasteiger partial charge on any atom is 0.228 e. The van der Waals surface area contributed by atoms with Crippen molar-refractivity contribution in [3.63, 3.8) is 0 Å². The van der Waals surface area contributed by atoms with Crippen LogP contribution in [0, 0.1) is 5.92 Å². The Morgan fingerprint density at radius 2 is 2.17 bits per heavy atom. The minimum absolute atomic E-state index is 0. The molecule has 0 aromatic heterocycles. The Labute approximate surface area is 154 Å². The van der Waals surface area contributed by atoms with Crippen LogP contribution in [-0.2, 0) is 4.79 Å². The van der Waals surface area contributed by atoms with Crippen LogP contribution in [0.5, 0.6) is 5.75 Å². The van der Waals surface area contributed by atoms with Crippen LogP contribution >= 0.6 is 36.4 Å². The fraction of sp³-hybridized carbons (Fsp3) is 0.533. The second-order valence-electron chi connectivity index (χ2n) is 5.48.